The molecule has 2 rings (SSSR count). The van der Waals surface area contributed by atoms with Crippen molar-refractivity contribution < 1.29 is 9.59 Å². The van der Waals surface area contributed by atoms with Crippen LogP contribution in [-0.4, -0.2) is 33.5 Å². The predicted molar refractivity (Wildman–Crippen MR) is 94.8 cm³/mol. The number of rotatable bonds is 5. The van der Waals surface area contributed by atoms with Crippen LogP contribution in [0.2, 0.25) is 0 Å². The van der Waals surface area contributed by atoms with E-state index in [2.05, 4.69) is 15.7 Å². The molecule has 0 aliphatic carbocycles. The van der Waals surface area contributed by atoms with Gasteiger partial charge in [-0.15, -0.1) is 5.10 Å². The van der Waals surface area contributed by atoms with E-state index in [1.165, 1.54) is 23.1 Å². The summed E-state index contributed by atoms with van der Waals surface area (Å²) < 4.78 is 2.95. The Bertz CT molecular complexity index is 740. The van der Waals surface area contributed by atoms with E-state index in [-0.39, 0.29) is 17.7 Å². The number of aromatic nitrogens is 2. The molecule has 23 heavy (non-hydrogen) atoms. The molecule has 2 aromatic rings. The molecule has 1 aromatic carbocycles. The SMILES string of the molecule is CC(C)NC(=O)NC(=O)CSc1nn(-c2ccccc2)c(=S)s1. The third-order valence-electron chi connectivity index (χ3n) is 2.53. The molecule has 9 heteroatoms. The van der Waals surface area contributed by atoms with Crippen molar-refractivity contribution in [1.29, 1.82) is 0 Å². The van der Waals surface area contributed by atoms with Crippen molar-refractivity contribution in [3.05, 3.63) is 34.3 Å². The van der Waals surface area contributed by atoms with E-state index < -0.39 is 6.03 Å². The van der Waals surface area contributed by atoms with Gasteiger partial charge in [-0.2, -0.15) is 0 Å². The number of carbonyl (C=O) groups is 2. The van der Waals surface area contributed by atoms with Gasteiger partial charge in [-0.3, -0.25) is 10.1 Å². The normalized spacial score (nSPS) is 10.6. The second kappa shape index (κ2) is 8.23. The largest absolute Gasteiger partial charge is 0.336 e. The zero-order valence-electron chi connectivity index (χ0n) is 12.6. The minimum absolute atomic E-state index is 0.0259. The molecule has 0 unspecified atom stereocenters. The Balaban J connectivity index is 1.93. The number of hydrogen-bond acceptors (Lipinski definition) is 6. The molecule has 0 saturated carbocycles. The molecule has 0 aliphatic rings. The van der Waals surface area contributed by atoms with Crippen molar-refractivity contribution in [3.8, 4) is 5.69 Å². The molecule has 2 N–H and O–H groups in total. The highest BCUT2D eigenvalue weighted by atomic mass is 32.2. The number of imide groups is 1. The van der Waals surface area contributed by atoms with Crippen LogP contribution in [0.5, 0.6) is 0 Å². The summed E-state index contributed by atoms with van der Waals surface area (Å²) in [5.41, 5.74) is 0.876. The first-order chi connectivity index (χ1) is 11.0. The number of nitrogens with one attached hydrogen (secondary N) is 2. The van der Waals surface area contributed by atoms with Crippen LogP contribution in [0.4, 0.5) is 4.79 Å². The Kier molecular flexibility index (Phi) is 6.31. The average molecular weight is 369 g/mol. The Labute approximate surface area is 147 Å². The molecule has 0 atom stereocenters. The first-order valence-corrected chi connectivity index (χ1v) is 9.05. The van der Waals surface area contributed by atoms with Crippen LogP contribution in [0.25, 0.3) is 5.69 Å². The lowest BCUT2D eigenvalue weighted by molar-refractivity contribution is -0.117. The maximum atomic E-state index is 11.7. The van der Waals surface area contributed by atoms with Crippen LogP contribution < -0.4 is 10.6 Å². The van der Waals surface area contributed by atoms with Crippen LogP contribution in [0.3, 0.4) is 0 Å². The first kappa shape index (κ1) is 17.6. The van der Waals surface area contributed by atoms with Crippen molar-refractivity contribution in [2.24, 2.45) is 0 Å². The molecule has 0 fully saturated rings. The summed E-state index contributed by atoms with van der Waals surface area (Å²) in [6.45, 7) is 3.64. The van der Waals surface area contributed by atoms with E-state index in [9.17, 15) is 9.59 Å². The third-order valence-corrected chi connectivity index (χ3v) is 4.89. The van der Waals surface area contributed by atoms with Crippen LogP contribution in [0.1, 0.15) is 13.8 Å². The van der Waals surface area contributed by atoms with Gasteiger partial charge in [-0.25, -0.2) is 9.48 Å². The highest BCUT2D eigenvalue weighted by Gasteiger charge is 2.11. The van der Waals surface area contributed by atoms with Crippen LogP contribution in [-0.2, 0) is 4.79 Å². The van der Waals surface area contributed by atoms with Crippen molar-refractivity contribution in [2.45, 2.75) is 24.2 Å². The summed E-state index contributed by atoms with van der Waals surface area (Å²) >= 11 is 7.87. The van der Waals surface area contributed by atoms with E-state index >= 15 is 0 Å². The molecule has 0 bridgehead atoms. The minimum atomic E-state index is -0.493. The van der Waals surface area contributed by atoms with E-state index in [1.54, 1.807) is 4.68 Å². The molecule has 3 amide bonds. The van der Waals surface area contributed by atoms with E-state index in [4.69, 9.17) is 12.2 Å². The van der Waals surface area contributed by atoms with Gasteiger partial charge >= 0.3 is 6.03 Å². The lowest BCUT2D eigenvalue weighted by atomic mass is 10.3. The Morgan fingerprint density at radius 3 is 2.70 bits per heavy atom. The molecule has 0 aliphatic heterocycles. The van der Waals surface area contributed by atoms with Crippen molar-refractivity contribution in [1.82, 2.24) is 20.4 Å². The minimum Gasteiger partial charge on any atom is -0.336 e. The lowest BCUT2D eigenvalue weighted by Crippen LogP contribution is -2.43. The predicted octanol–water partition coefficient (Wildman–Crippen LogP) is 2.99. The summed E-state index contributed by atoms with van der Waals surface area (Å²) in [7, 11) is 0. The van der Waals surface area contributed by atoms with Gasteiger partial charge in [0.1, 0.15) is 0 Å². The van der Waals surface area contributed by atoms with Gasteiger partial charge in [-0.1, -0.05) is 41.3 Å². The molecule has 0 radical (unpaired) electrons. The lowest BCUT2D eigenvalue weighted by Gasteiger charge is -2.08. The number of nitrogens with zero attached hydrogens (tertiary/aromatic N) is 2. The standard InChI is InChI=1S/C14H16N4O2S3/c1-9(2)15-12(20)16-11(19)8-22-13-17-18(14(21)23-13)10-6-4-3-5-7-10/h3-7,9H,8H2,1-2H3,(H2,15,16,19,20). The number of benzene rings is 1. The molecule has 6 nitrogen and oxygen atoms in total. The monoisotopic (exact) mass is 368 g/mol. The van der Waals surface area contributed by atoms with Crippen LogP contribution >= 0.6 is 35.3 Å². The Morgan fingerprint density at radius 2 is 2.04 bits per heavy atom. The summed E-state index contributed by atoms with van der Waals surface area (Å²) in [4.78, 5) is 23.2. The van der Waals surface area contributed by atoms with Gasteiger partial charge in [0.25, 0.3) is 0 Å². The van der Waals surface area contributed by atoms with E-state index in [1.807, 2.05) is 44.2 Å². The van der Waals surface area contributed by atoms with Crippen LogP contribution in [0.15, 0.2) is 34.7 Å². The highest BCUT2D eigenvalue weighted by molar-refractivity contribution is 8.01. The third kappa shape index (κ3) is 5.45. The number of hydrogen-bond donors (Lipinski definition) is 2. The highest BCUT2D eigenvalue weighted by Crippen LogP contribution is 2.23. The van der Waals surface area contributed by atoms with Crippen molar-refractivity contribution in [2.75, 3.05) is 5.75 Å². The topological polar surface area (TPSA) is 76.0 Å². The van der Waals surface area contributed by atoms with Crippen LogP contribution in [0, 0.1) is 3.95 Å². The quantitative estimate of drug-likeness (QED) is 0.627. The molecular weight excluding hydrogens is 352 g/mol. The molecule has 122 valence electrons. The maximum absolute atomic E-state index is 11.7. The number of thioether (sulfide) groups is 1. The number of urea groups is 1. The van der Waals surface area contributed by atoms with Gasteiger partial charge in [0.05, 0.1) is 11.4 Å². The fourth-order valence-electron chi connectivity index (χ4n) is 1.64. The summed E-state index contributed by atoms with van der Waals surface area (Å²) in [5, 5.41) is 9.25. The van der Waals surface area contributed by atoms with Gasteiger partial charge < -0.3 is 5.32 Å². The van der Waals surface area contributed by atoms with Crippen molar-refractivity contribution in [3.63, 3.8) is 0 Å². The Hall–Kier alpha value is -1.71. The second-order valence-electron chi connectivity index (χ2n) is 4.85. The second-order valence-corrected chi connectivity index (χ2v) is 7.69. The van der Waals surface area contributed by atoms with E-state index in [0.717, 1.165) is 5.69 Å². The molecule has 1 aromatic heterocycles. The van der Waals surface area contributed by atoms with Gasteiger partial charge in [0.2, 0.25) is 5.91 Å². The van der Waals surface area contributed by atoms with Gasteiger partial charge in [-0.05, 0) is 38.2 Å². The maximum Gasteiger partial charge on any atom is 0.321 e. The molecule has 0 saturated heterocycles. The van der Waals surface area contributed by atoms with Gasteiger partial charge in [0.15, 0.2) is 8.29 Å². The fraction of sp³-hybridized carbons (Fsp3) is 0.286. The first-order valence-electron chi connectivity index (χ1n) is 6.84. The summed E-state index contributed by atoms with van der Waals surface area (Å²) in [6, 6.07) is 9.03. The number of carbonyl (C=O) groups excluding carboxylic acids is 2. The summed E-state index contributed by atoms with van der Waals surface area (Å²) in [5.74, 6) is -0.275. The Morgan fingerprint density at radius 1 is 1.35 bits per heavy atom. The molecule has 0 spiro atoms. The molecule has 1 heterocycles. The van der Waals surface area contributed by atoms with Crippen molar-refractivity contribution >= 4 is 47.3 Å². The average Bonchev–Trinajstić information content (AvgIpc) is 2.86. The van der Waals surface area contributed by atoms with E-state index in [0.29, 0.717) is 8.29 Å². The zero-order valence-corrected chi connectivity index (χ0v) is 15.1. The number of para-hydroxylation sites is 1. The smallest absolute Gasteiger partial charge is 0.321 e. The summed E-state index contributed by atoms with van der Waals surface area (Å²) in [6.07, 6.45) is 0. The molecular formula is C14H16N4O2S3. The fourth-order valence-corrected chi connectivity index (χ4v) is 3.80. The zero-order chi connectivity index (χ0) is 16.8. The van der Waals surface area contributed by atoms with Gasteiger partial charge in [0, 0.05) is 6.04 Å². The number of amides is 3.